The molecule has 0 aromatic heterocycles. The first kappa shape index (κ1) is 13.5. The zero-order valence-corrected chi connectivity index (χ0v) is 10.8. The van der Waals surface area contributed by atoms with Gasteiger partial charge in [-0.1, -0.05) is 36.9 Å². The highest BCUT2D eigenvalue weighted by Crippen LogP contribution is 2.14. The Morgan fingerprint density at radius 2 is 1.94 bits per heavy atom. The highest BCUT2D eigenvalue weighted by Gasteiger charge is 2.26. The molecule has 0 amide bonds. The van der Waals surface area contributed by atoms with Gasteiger partial charge in [-0.2, -0.15) is 0 Å². The molecule has 1 unspecified atom stereocenters. The largest absolute Gasteiger partial charge is 0.392 e. The molecule has 0 heterocycles. The van der Waals surface area contributed by atoms with Gasteiger partial charge in [0.2, 0.25) is 0 Å². The van der Waals surface area contributed by atoms with Gasteiger partial charge < -0.3 is 0 Å². The number of carbonyl (C=O) groups is 1. The normalized spacial score (nSPS) is 13.8. The van der Waals surface area contributed by atoms with Gasteiger partial charge in [0.15, 0.2) is 0 Å². The third-order valence-electron chi connectivity index (χ3n) is 2.68. The van der Waals surface area contributed by atoms with E-state index in [1.54, 1.807) is 6.92 Å². The Balaban J connectivity index is 2.75. The highest BCUT2D eigenvalue weighted by molar-refractivity contribution is 5.86. The zero-order chi connectivity index (χ0) is 12.9. The maximum Gasteiger partial charge on any atom is 0.392 e. The summed E-state index contributed by atoms with van der Waals surface area (Å²) in [5.41, 5.74) is 1.57. The van der Waals surface area contributed by atoms with Gasteiger partial charge in [-0.3, -0.25) is 4.84 Å². The smallest absolute Gasteiger partial charge is 0.272 e. The molecule has 1 rings (SSSR count). The number of rotatable bonds is 5. The average molecular weight is 234 g/mol. The molecule has 3 nitrogen and oxygen atoms in total. The lowest BCUT2D eigenvalue weighted by molar-refractivity contribution is -1.08. The van der Waals surface area contributed by atoms with E-state index in [-0.39, 0.29) is 10.6 Å². The Hall–Kier alpha value is -1.61. The van der Waals surface area contributed by atoms with Gasteiger partial charge in [0.1, 0.15) is 20.1 Å². The minimum Gasteiger partial charge on any atom is -0.272 e. The fraction of sp³-hybridized carbons (Fsp3) is 0.357. The van der Waals surface area contributed by atoms with Crippen LogP contribution in [0.25, 0.3) is 0 Å². The fourth-order valence-corrected chi connectivity index (χ4v) is 1.46. The van der Waals surface area contributed by atoms with Crippen LogP contribution in [0.2, 0.25) is 0 Å². The van der Waals surface area contributed by atoms with Crippen molar-refractivity contribution < 1.29 is 14.3 Å². The first-order valence-corrected chi connectivity index (χ1v) is 5.75. The molecule has 0 aliphatic heterocycles. The number of hydroxylamine groups is 3. The summed E-state index contributed by atoms with van der Waals surface area (Å²) in [4.78, 5) is 17.0. The Labute approximate surface area is 103 Å². The van der Waals surface area contributed by atoms with Crippen molar-refractivity contribution in [1.29, 1.82) is 0 Å². The Morgan fingerprint density at radius 3 is 2.41 bits per heavy atom. The quantitative estimate of drug-likeness (QED) is 0.445. The van der Waals surface area contributed by atoms with E-state index in [9.17, 15) is 4.79 Å². The van der Waals surface area contributed by atoms with E-state index in [1.807, 2.05) is 44.3 Å². The summed E-state index contributed by atoms with van der Waals surface area (Å²) in [6, 6.07) is 9.99. The van der Waals surface area contributed by atoms with E-state index in [2.05, 4.69) is 6.58 Å². The van der Waals surface area contributed by atoms with Gasteiger partial charge in [0.25, 0.3) is 0 Å². The lowest BCUT2D eigenvalue weighted by atomic mass is 10.2. The lowest BCUT2D eigenvalue weighted by Crippen LogP contribution is -2.44. The Kier molecular flexibility index (Phi) is 4.46. The maximum atomic E-state index is 11.6. The molecule has 0 radical (unpaired) electrons. The predicted octanol–water partition coefficient (Wildman–Crippen LogP) is 2.69. The molecule has 92 valence electrons. The molecule has 1 atom stereocenters. The molecule has 0 saturated heterocycles. The highest BCUT2D eigenvalue weighted by atomic mass is 16.7. The van der Waals surface area contributed by atoms with Gasteiger partial charge in [-0.15, -0.1) is 4.65 Å². The third kappa shape index (κ3) is 4.04. The standard InChI is InChI=1S/C14H20NO2/c1-5-15(4,17-14(16)12(2)3)11-13-9-7-6-8-10-13/h6-10H,2,5,11H2,1,3-4H3/q+1. The van der Waals surface area contributed by atoms with Crippen molar-refractivity contribution in [2.75, 3.05) is 13.6 Å². The third-order valence-corrected chi connectivity index (χ3v) is 2.68. The Morgan fingerprint density at radius 1 is 1.35 bits per heavy atom. The van der Waals surface area contributed by atoms with Crippen LogP contribution in [0.15, 0.2) is 42.5 Å². The molecule has 0 fully saturated rings. The first-order chi connectivity index (χ1) is 7.97. The number of hydrogen-bond acceptors (Lipinski definition) is 2. The molecule has 1 aromatic rings. The van der Waals surface area contributed by atoms with Crippen LogP contribution in [0.5, 0.6) is 0 Å². The number of carbonyl (C=O) groups excluding carboxylic acids is 1. The van der Waals surface area contributed by atoms with E-state index in [4.69, 9.17) is 4.84 Å². The van der Waals surface area contributed by atoms with Crippen molar-refractivity contribution in [3.05, 3.63) is 48.0 Å². The summed E-state index contributed by atoms with van der Waals surface area (Å²) >= 11 is 0. The van der Waals surface area contributed by atoms with Crippen LogP contribution in [0.4, 0.5) is 0 Å². The lowest BCUT2D eigenvalue weighted by Gasteiger charge is -2.29. The van der Waals surface area contributed by atoms with E-state index in [1.165, 1.54) is 0 Å². The van der Waals surface area contributed by atoms with Crippen LogP contribution in [0.1, 0.15) is 19.4 Å². The molecule has 0 aliphatic carbocycles. The van der Waals surface area contributed by atoms with Crippen LogP contribution in [-0.2, 0) is 16.2 Å². The summed E-state index contributed by atoms with van der Waals surface area (Å²) in [5, 5.41) is 0. The average Bonchev–Trinajstić information content (AvgIpc) is 2.30. The van der Waals surface area contributed by atoms with Crippen LogP contribution in [0, 0.1) is 0 Å². The number of nitrogens with zero attached hydrogens (tertiary/aromatic N) is 1. The molecule has 0 aliphatic rings. The molecule has 0 N–H and O–H groups in total. The molecular weight excluding hydrogens is 214 g/mol. The van der Waals surface area contributed by atoms with Crippen molar-refractivity contribution in [3.63, 3.8) is 0 Å². The van der Waals surface area contributed by atoms with Gasteiger partial charge in [0.05, 0.1) is 0 Å². The van der Waals surface area contributed by atoms with Crippen molar-refractivity contribution in [3.8, 4) is 0 Å². The van der Waals surface area contributed by atoms with Crippen molar-refractivity contribution >= 4 is 5.97 Å². The molecule has 0 saturated carbocycles. The first-order valence-electron chi connectivity index (χ1n) is 5.75. The molecular formula is C14H20NO2+. The topological polar surface area (TPSA) is 26.3 Å². The second-order valence-corrected chi connectivity index (χ2v) is 4.42. The Bertz CT molecular complexity index is 400. The van der Waals surface area contributed by atoms with Crippen molar-refractivity contribution in [2.24, 2.45) is 0 Å². The minimum atomic E-state index is -0.342. The second-order valence-electron chi connectivity index (χ2n) is 4.42. The molecule has 17 heavy (non-hydrogen) atoms. The summed E-state index contributed by atoms with van der Waals surface area (Å²) in [5.74, 6) is -0.342. The fourth-order valence-electron chi connectivity index (χ4n) is 1.46. The molecule has 0 bridgehead atoms. The van der Waals surface area contributed by atoms with Crippen molar-refractivity contribution in [1.82, 2.24) is 0 Å². The summed E-state index contributed by atoms with van der Waals surface area (Å²) in [7, 11) is 1.90. The molecule has 3 heteroatoms. The minimum absolute atomic E-state index is 0.232. The van der Waals surface area contributed by atoms with E-state index in [0.717, 1.165) is 5.56 Å². The van der Waals surface area contributed by atoms with Gasteiger partial charge >= 0.3 is 5.97 Å². The molecule has 1 aromatic carbocycles. The molecule has 0 spiro atoms. The van der Waals surface area contributed by atoms with E-state index >= 15 is 0 Å². The van der Waals surface area contributed by atoms with Gasteiger partial charge in [-0.05, 0) is 13.8 Å². The van der Waals surface area contributed by atoms with Crippen LogP contribution < -0.4 is 0 Å². The van der Waals surface area contributed by atoms with Gasteiger partial charge in [0, 0.05) is 11.1 Å². The van der Waals surface area contributed by atoms with Gasteiger partial charge in [-0.25, -0.2) is 4.79 Å². The summed E-state index contributed by atoms with van der Waals surface area (Å²) in [6.07, 6.45) is 0. The van der Waals surface area contributed by atoms with Crippen molar-refractivity contribution in [2.45, 2.75) is 20.4 Å². The van der Waals surface area contributed by atoms with Crippen LogP contribution in [-0.4, -0.2) is 24.2 Å². The second kappa shape index (κ2) is 5.64. The predicted molar refractivity (Wildman–Crippen MR) is 67.8 cm³/mol. The van der Waals surface area contributed by atoms with Crippen LogP contribution in [0.3, 0.4) is 0 Å². The number of quaternary nitrogens is 1. The summed E-state index contributed by atoms with van der Waals surface area (Å²) in [6.45, 7) is 8.63. The van der Waals surface area contributed by atoms with Crippen LogP contribution >= 0.6 is 0 Å². The SMILES string of the molecule is C=C(C)C(=O)O[N+](C)(CC)Cc1ccccc1. The van der Waals surface area contributed by atoms with E-state index < -0.39 is 0 Å². The monoisotopic (exact) mass is 234 g/mol. The summed E-state index contributed by atoms with van der Waals surface area (Å²) < 4.78 is 0.232. The zero-order valence-electron chi connectivity index (χ0n) is 10.8. The maximum absolute atomic E-state index is 11.6. The number of benzene rings is 1. The van der Waals surface area contributed by atoms with E-state index in [0.29, 0.717) is 18.7 Å². The number of hydrogen-bond donors (Lipinski definition) is 0.